The van der Waals surface area contributed by atoms with Gasteiger partial charge in [-0.2, -0.15) is 0 Å². The molecule has 4 fully saturated rings. The van der Waals surface area contributed by atoms with Gasteiger partial charge in [0, 0.05) is 33.8 Å². The largest absolute Gasteiger partial charge is 0.504 e. The number of hydrogen-bond donors (Lipinski definition) is 2. The summed E-state index contributed by atoms with van der Waals surface area (Å²) in [6, 6.07) is 15.3. The van der Waals surface area contributed by atoms with Crippen LogP contribution in [0.5, 0.6) is 11.5 Å². The van der Waals surface area contributed by atoms with Gasteiger partial charge in [0.15, 0.2) is 11.5 Å². The average molecular weight is 432 g/mol. The Kier molecular flexibility index (Phi) is 3.47. The summed E-state index contributed by atoms with van der Waals surface area (Å²) in [4.78, 5) is 2.58. The molecule has 6 aliphatic rings. The highest BCUT2D eigenvalue weighted by molar-refractivity contribution is 5.64. The molecule has 2 aromatic carbocycles. The van der Waals surface area contributed by atoms with Crippen molar-refractivity contribution in [3.63, 3.8) is 0 Å². The van der Waals surface area contributed by atoms with Gasteiger partial charge >= 0.3 is 0 Å². The summed E-state index contributed by atoms with van der Waals surface area (Å²) in [7, 11) is 2.29. The van der Waals surface area contributed by atoms with Crippen LogP contribution in [0.15, 0.2) is 42.5 Å². The Morgan fingerprint density at radius 3 is 2.59 bits per heavy atom. The molecule has 2 N–H and O–H groups in total. The lowest BCUT2D eigenvalue weighted by atomic mass is 9.30. The molecular weight excluding hydrogens is 398 g/mol. The molecule has 2 spiro atoms. The number of rotatable bonds is 2. The smallest absolute Gasteiger partial charge is 0.165 e. The molecule has 8 rings (SSSR count). The topological polar surface area (TPSA) is 52.9 Å². The summed E-state index contributed by atoms with van der Waals surface area (Å²) in [6.07, 6.45) is 5.18. The van der Waals surface area contributed by atoms with Crippen molar-refractivity contribution in [2.45, 2.75) is 74.5 Å². The molecule has 4 bridgehead atoms. The van der Waals surface area contributed by atoms with E-state index >= 15 is 0 Å². The van der Waals surface area contributed by atoms with E-state index in [1.807, 2.05) is 19.9 Å². The highest BCUT2D eigenvalue weighted by atomic mass is 16.5. The van der Waals surface area contributed by atoms with Gasteiger partial charge in [-0.1, -0.05) is 36.4 Å². The fourth-order valence-electron chi connectivity index (χ4n) is 9.49. The van der Waals surface area contributed by atoms with Gasteiger partial charge < -0.3 is 19.8 Å². The molecule has 1 saturated heterocycles. The van der Waals surface area contributed by atoms with Crippen LogP contribution in [-0.4, -0.2) is 46.5 Å². The molecule has 4 aliphatic carbocycles. The first-order valence-corrected chi connectivity index (χ1v) is 12.3. The van der Waals surface area contributed by atoms with Crippen molar-refractivity contribution in [2.75, 3.05) is 13.6 Å². The molecule has 1 unspecified atom stereocenters. The zero-order valence-corrected chi connectivity index (χ0v) is 19.3. The molecule has 0 amide bonds. The fourth-order valence-corrected chi connectivity index (χ4v) is 9.49. The molecule has 2 aliphatic heterocycles. The van der Waals surface area contributed by atoms with Gasteiger partial charge in [0.2, 0.25) is 0 Å². The first kappa shape index (κ1) is 19.4. The van der Waals surface area contributed by atoms with E-state index in [2.05, 4.69) is 48.3 Å². The number of phenols is 1. The number of ether oxygens (including phenoxy) is 1. The Hall–Kier alpha value is -2.04. The van der Waals surface area contributed by atoms with Crippen molar-refractivity contribution in [2.24, 2.45) is 11.3 Å². The van der Waals surface area contributed by atoms with E-state index in [4.69, 9.17) is 4.74 Å². The molecule has 32 heavy (non-hydrogen) atoms. The minimum Gasteiger partial charge on any atom is -0.504 e. The van der Waals surface area contributed by atoms with Crippen LogP contribution < -0.4 is 4.74 Å². The van der Waals surface area contributed by atoms with Gasteiger partial charge in [0.05, 0.1) is 5.60 Å². The van der Waals surface area contributed by atoms with E-state index in [1.54, 1.807) is 0 Å². The number of aromatic hydroxyl groups is 1. The van der Waals surface area contributed by atoms with E-state index in [0.29, 0.717) is 6.04 Å². The lowest BCUT2D eigenvalue weighted by molar-refractivity contribution is -0.236. The number of piperidine rings is 1. The number of likely N-dealkylation sites (tertiary alicyclic amines) is 1. The lowest BCUT2D eigenvalue weighted by Crippen LogP contribution is -2.80. The van der Waals surface area contributed by atoms with Crippen molar-refractivity contribution in [3.8, 4) is 11.5 Å². The second-order valence-electron chi connectivity index (χ2n) is 11.8. The Bertz CT molecular complexity index is 1120. The highest BCUT2D eigenvalue weighted by Crippen LogP contribution is 2.79. The van der Waals surface area contributed by atoms with Gasteiger partial charge in [0.1, 0.15) is 6.10 Å². The number of phenolic OH excluding ortho intramolecular Hbond substituents is 1. The third kappa shape index (κ3) is 1.88. The first-order valence-electron chi connectivity index (χ1n) is 12.3. The first-order chi connectivity index (χ1) is 15.3. The minimum absolute atomic E-state index is 0.0603. The van der Waals surface area contributed by atoms with Gasteiger partial charge in [0.25, 0.3) is 0 Å². The van der Waals surface area contributed by atoms with E-state index in [9.17, 15) is 10.2 Å². The molecule has 4 nitrogen and oxygen atoms in total. The predicted molar refractivity (Wildman–Crippen MR) is 123 cm³/mol. The number of benzene rings is 2. The normalized spacial score (nSPS) is 41.3. The summed E-state index contributed by atoms with van der Waals surface area (Å²) in [5.74, 6) is 1.11. The zero-order chi connectivity index (χ0) is 22.1. The second-order valence-corrected chi connectivity index (χ2v) is 11.8. The molecule has 0 aromatic heterocycles. The molecule has 4 heteroatoms. The highest BCUT2D eigenvalue weighted by Gasteiger charge is 2.81. The molecule has 6 atom stereocenters. The summed E-state index contributed by atoms with van der Waals surface area (Å²) in [5.41, 5.74) is 2.83. The van der Waals surface area contributed by atoms with Crippen LogP contribution in [0.4, 0.5) is 0 Å². The number of fused-ring (bicyclic) bond motifs is 2. The molecule has 0 radical (unpaired) electrons. The van der Waals surface area contributed by atoms with Crippen LogP contribution in [-0.2, 0) is 17.3 Å². The Morgan fingerprint density at radius 1 is 1.06 bits per heavy atom. The van der Waals surface area contributed by atoms with E-state index in [-0.39, 0.29) is 34.0 Å². The molecular formula is C28H33NO3. The lowest BCUT2D eigenvalue weighted by Gasteiger charge is -2.75. The Balaban J connectivity index is 1.58. The maximum atomic E-state index is 11.6. The van der Waals surface area contributed by atoms with Gasteiger partial charge in [-0.25, -0.2) is 0 Å². The summed E-state index contributed by atoms with van der Waals surface area (Å²) in [5, 5.41) is 22.6. The van der Waals surface area contributed by atoms with Crippen molar-refractivity contribution < 1.29 is 14.9 Å². The van der Waals surface area contributed by atoms with E-state index < -0.39 is 5.60 Å². The molecule has 2 aromatic rings. The second kappa shape index (κ2) is 5.71. The quantitative estimate of drug-likeness (QED) is 0.750. The fraction of sp³-hybridized carbons (Fsp3) is 0.571. The number of hydrogen-bond acceptors (Lipinski definition) is 4. The summed E-state index contributed by atoms with van der Waals surface area (Å²) < 4.78 is 6.98. The van der Waals surface area contributed by atoms with Crippen molar-refractivity contribution in [3.05, 3.63) is 59.2 Å². The number of aliphatic hydroxyl groups is 1. The van der Waals surface area contributed by atoms with Gasteiger partial charge in [-0.05, 0) is 76.7 Å². The van der Waals surface area contributed by atoms with Crippen LogP contribution in [0.2, 0.25) is 0 Å². The molecule has 2 heterocycles. The summed E-state index contributed by atoms with van der Waals surface area (Å²) in [6.45, 7) is 5.05. The number of nitrogens with zero attached hydrogens (tertiary/aromatic N) is 1. The predicted octanol–water partition coefficient (Wildman–Crippen LogP) is 4.16. The van der Waals surface area contributed by atoms with Crippen LogP contribution in [0.25, 0.3) is 0 Å². The minimum atomic E-state index is -0.821. The van der Waals surface area contributed by atoms with Gasteiger partial charge in [-0.3, -0.25) is 0 Å². The van der Waals surface area contributed by atoms with Crippen LogP contribution in [0.3, 0.4) is 0 Å². The maximum absolute atomic E-state index is 11.6. The van der Waals surface area contributed by atoms with Gasteiger partial charge in [-0.15, -0.1) is 0 Å². The Morgan fingerprint density at radius 2 is 1.84 bits per heavy atom. The average Bonchev–Trinajstić information content (AvgIpc) is 3.15. The monoisotopic (exact) mass is 431 g/mol. The molecule has 168 valence electrons. The van der Waals surface area contributed by atoms with E-state index in [0.717, 1.165) is 44.4 Å². The van der Waals surface area contributed by atoms with Crippen molar-refractivity contribution in [1.29, 1.82) is 0 Å². The Labute approximate surface area is 190 Å². The third-order valence-corrected chi connectivity index (χ3v) is 10.5. The maximum Gasteiger partial charge on any atom is 0.165 e. The van der Waals surface area contributed by atoms with E-state index in [1.165, 1.54) is 16.7 Å². The van der Waals surface area contributed by atoms with Crippen molar-refractivity contribution >= 4 is 0 Å². The zero-order valence-electron chi connectivity index (χ0n) is 19.3. The third-order valence-electron chi connectivity index (χ3n) is 10.5. The summed E-state index contributed by atoms with van der Waals surface area (Å²) >= 11 is 0. The molecule has 3 saturated carbocycles. The van der Waals surface area contributed by atoms with Crippen LogP contribution in [0, 0.1) is 11.3 Å². The van der Waals surface area contributed by atoms with Crippen LogP contribution >= 0.6 is 0 Å². The number of likely N-dealkylation sites (N-methyl/N-ethyl adjacent to an activating group) is 1. The SMILES string of the molecule is CN1CC[C@]23c4c5ccc(O)c4O[C@H]2[C@]2(c4ccccc4)CC[C@@]3(C[C@@H]2C(C)(C)O)C1C5. The van der Waals surface area contributed by atoms with Crippen molar-refractivity contribution in [1.82, 2.24) is 4.90 Å². The van der Waals surface area contributed by atoms with Crippen LogP contribution in [0.1, 0.15) is 56.2 Å². The standard InChI is InChI=1S/C28H33NO3/c1-25(2,31)20-16-26-11-12-27(20,18-7-5-4-6-8-18)24-28(26)13-14-29(3)21(26)15-17-9-10-19(30)23(32-24)22(17)28/h4-10,20-21,24,30-31H,11-16H2,1-3H3/t20-,21?,24+,26-,27+,28+/m1/s1.